The van der Waals surface area contributed by atoms with E-state index in [1.807, 2.05) is 4.68 Å². The molecular formula is C26H39N5O. The molecule has 6 heteroatoms. The van der Waals surface area contributed by atoms with E-state index in [1.54, 1.807) is 12.7 Å². The number of benzene rings is 1. The number of amides is 1. The highest BCUT2D eigenvalue weighted by Crippen LogP contribution is 2.27. The Morgan fingerprint density at radius 1 is 1.09 bits per heavy atom. The number of aryl methyl sites for hydroxylation is 2. The first-order valence-electron chi connectivity index (χ1n) is 12.6. The summed E-state index contributed by atoms with van der Waals surface area (Å²) < 4.78 is 1.82. The van der Waals surface area contributed by atoms with Crippen LogP contribution in [0.2, 0.25) is 0 Å². The minimum Gasteiger partial charge on any atom is -0.339 e. The maximum absolute atomic E-state index is 13.2. The van der Waals surface area contributed by atoms with Crippen LogP contribution in [0.5, 0.6) is 0 Å². The normalized spacial score (nSPS) is 18.3. The first-order valence-corrected chi connectivity index (χ1v) is 12.6. The molecule has 2 aliphatic rings. The van der Waals surface area contributed by atoms with E-state index < -0.39 is 0 Å². The largest absolute Gasteiger partial charge is 0.339 e. The van der Waals surface area contributed by atoms with Gasteiger partial charge in [-0.05, 0) is 75.6 Å². The lowest BCUT2D eigenvalue weighted by molar-refractivity contribution is -0.134. The van der Waals surface area contributed by atoms with E-state index in [2.05, 4.69) is 51.1 Å². The number of nitrogens with zero attached hydrogens (tertiary/aromatic N) is 5. The zero-order chi connectivity index (χ0) is 22.2. The van der Waals surface area contributed by atoms with Crippen molar-refractivity contribution in [1.82, 2.24) is 24.6 Å². The molecule has 32 heavy (non-hydrogen) atoms. The second-order valence-corrected chi connectivity index (χ2v) is 9.71. The van der Waals surface area contributed by atoms with Crippen LogP contribution in [0, 0.1) is 12.8 Å². The monoisotopic (exact) mass is 437 g/mol. The van der Waals surface area contributed by atoms with Crippen molar-refractivity contribution in [2.75, 3.05) is 26.2 Å². The van der Waals surface area contributed by atoms with Gasteiger partial charge in [0.2, 0.25) is 5.91 Å². The lowest BCUT2D eigenvalue weighted by atomic mass is 9.94. The molecule has 1 saturated carbocycles. The molecule has 6 nitrogen and oxygen atoms in total. The van der Waals surface area contributed by atoms with Gasteiger partial charge in [0.05, 0.1) is 0 Å². The fourth-order valence-corrected chi connectivity index (χ4v) is 5.39. The third-order valence-electron chi connectivity index (χ3n) is 7.45. The van der Waals surface area contributed by atoms with Crippen molar-refractivity contribution in [2.45, 2.75) is 77.3 Å². The Morgan fingerprint density at radius 2 is 1.88 bits per heavy atom. The van der Waals surface area contributed by atoms with Crippen molar-refractivity contribution in [1.29, 1.82) is 0 Å². The highest BCUT2D eigenvalue weighted by atomic mass is 16.2. The first-order chi connectivity index (χ1) is 15.7. The molecule has 0 bridgehead atoms. The molecule has 0 radical (unpaired) electrons. The van der Waals surface area contributed by atoms with E-state index in [0.717, 1.165) is 45.6 Å². The van der Waals surface area contributed by atoms with Gasteiger partial charge in [-0.15, -0.1) is 0 Å². The second-order valence-electron chi connectivity index (χ2n) is 9.71. The Labute approximate surface area is 193 Å². The van der Waals surface area contributed by atoms with E-state index in [-0.39, 0.29) is 0 Å². The Balaban J connectivity index is 1.23. The molecule has 2 fully saturated rings. The quantitative estimate of drug-likeness (QED) is 0.562. The standard InChI is InChI=1S/C26H39N5O/c1-22-7-2-3-8-24(22)14-18-29-16-12-23(13-17-29)19-31(25-9-4-5-10-25)26(32)11-6-15-30-21-27-20-28-30/h2-3,7-8,20-21,23,25H,4-6,9-19H2,1H3. The Morgan fingerprint density at radius 3 is 2.59 bits per heavy atom. The third-order valence-corrected chi connectivity index (χ3v) is 7.45. The molecule has 1 amide bonds. The van der Waals surface area contributed by atoms with E-state index in [0.29, 0.717) is 24.3 Å². The van der Waals surface area contributed by atoms with Crippen LogP contribution in [0.25, 0.3) is 0 Å². The summed E-state index contributed by atoms with van der Waals surface area (Å²) in [5, 5.41) is 4.15. The predicted octanol–water partition coefficient (Wildman–Crippen LogP) is 4.09. The summed E-state index contributed by atoms with van der Waals surface area (Å²) in [6, 6.07) is 9.21. The number of rotatable bonds is 10. The molecular weight excluding hydrogens is 398 g/mol. The van der Waals surface area contributed by atoms with Crippen LogP contribution < -0.4 is 0 Å². The van der Waals surface area contributed by atoms with E-state index in [1.165, 1.54) is 49.7 Å². The lowest BCUT2D eigenvalue weighted by Gasteiger charge is -2.37. The maximum Gasteiger partial charge on any atom is 0.222 e. The van der Waals surface area contributed by atoms with Crippen LogP contribution in [0.3, 0.4) is 0 Å². The second kappa shape index (κ2) is 11.6. The summed E-state index contributed by atoms with van der Waals surface area (Å²) in [4.78, 5) is 22.0. The molecule has 1 saturated heterocycles. The van der Waals surface area contributed by atoms with E-state index in [9.17, 15) is 4.79 Å². The molecule has 1 aromatic heterocycles. The van der Waals surface area contributed by atoms with Gasteiger partial charge in [-0.3, -0.25) is 9.48 Å². The molecule has 174 valence electrons. The maximum atomic E-state index is 13.2. The minimum absolute atomic E-state index is 0.346. The minimum atomic E-state index is 0.346. The first kappa shape index (κ1) is 23.0. The zero-order valence-electron chi connectivity index (χ0n) is 19.7. The van der Waals surface area contributed by atoms with Gasteiger partial charge >= 0.3 is 0 Å². The molecule has 1 aromatic carbocycles. The van der Waals surface area contributed by atoms with Crippen LogP contribution in [0.15, 0.2) is 36.9 Å². The number of aromatic nitrogens is 3. The fourth-order valence-electron chi connectivity index (χ4n) is 5.39. The van der Waals surface area contributed by atoms with Gasteiger partial charge in [0.1, 0.15) is 12.7 Å². The molecule has 0 unspecified atom stereocenters. The third kappa shape index (κ3) is 6.41. The van der Waals surface area contributed by atoms with Gasteiger partial charge in [0.15, 0.2) is 0 Å². The molecule has 0 atom stereocenters. The van der Waals surface area contributed by atoms with E-state index in [4.69, 9.17) is 0 Å². The molecule has 2 heterocycles. The van der Waals surface area contributed by atoms with Gasteiger partial charge < -0.3 is 9.80 Å². The van der Waals surface area contributed by atoms with Crippen molar-refractivity contribution < 1.29 is 4.79 Å². The Bertz CT molecular complexity index is 823. The van der Waals surface area contributed by atoms with Gasteiger partial charge in [0.25, 0.3) is 0 Å². The highest BCUT2D eigenvalue weighted by molar-refractivity contribution is 5.76. The van der Waals surface area contributed by atoms with Gasteiger partial charge in [-0.2, -0.15) is 5.10 Å². The van der Waals surface area contributed by atoms with Crippen molar-refractivity contribution in [3.8, 4) is 0 Å². The van der Waals surface area contributed by atoms with Crippen molar-refractivity contribution in [3.05, 3.63) is 48.0 Å². The molecule has 2 aromatic rings. The summed E-state index contributed by atoms with van der Waals surface area (Å²) in [6.07, 6.45) is 13.2. The van der Waals surface area contributed by atoms with E-state index >= 15 is 0 Å². The van der Waals surface area contributed by atoms with Crippen LogP contribution in [0.1, 0.15) is 62.5 Å². The van der Waals surface area contributed by atoms with Crippen LogP contribution >= 0.6 is 0 Å². The fraction of sp³-hybridized carbons (Fsp3) is 0.654. The number of likely N-dealkylation sites (tertiary alicyclic amines) is 1. The zero-order valence-corrected chi connectivity index (χ0v) is 19.7. The highest BCUT2D eigenvalue weighted by Gasteiger charge is 2.30. The Kier molecular flexibility index (Phi) is 8.32. The molecule has 4 rings (SSSR count). The van der Waals surface area contributed by atoms with Crippen molar-refractivity contribution in [3.63, 3.8) is 0 Å². The summed E-state index contributed by atoms with van der Waals surface area (Å²) >= 11 is 0. The van der Waals surface area contributed by atoms with Gasteiger partial charge in [-0.1, -0.05) is 37.1 Å². The molecule has 0 N–H and O–H groups in total. The topological polar surface area (TPSA) is 54.3 Å². The molecule has 1 aliphatic heterocycles. The average molecular weight is 438 g/mol. The van der Waals surface area contributed by atoms with Gasteiger partial charge in [-0.25, -0.2) is 4.98 Å². The number of hydrogen-bond acceptors (Lipinski definition) is 4. The number of carbonyl (C=O) groups excluding carboxylic acids is 1. The van der Waals surface area contributed by atoms with Crippen LogP contribution in [0.4, 0.5) is 0 Å². The average Bonchev–Trinajstić information content (AvgIpc) is 3.52. The van der Waals surface area contributed by atoms with Crippen LogP contribution in [-0.4, -0.2) is 62.7 Å². The SMILES string of the molecule is Cc1ccccc1CCN1CCC(CN(C(=O)CCCn2cncn2)C2CCCC2)CC1. The van der Waals surface area contributed by atoms with Crippen molar-refractivity contribution in [2.24, 2.45) is 5.92 Å². The smallest absolute Gasteiger partial charge is 0.222 e. The van der Waals surface area contributed by atoms with Gasteiger partial charge in [0, 0.05) is 32.1 Å². The summed E-state index contributed by atoms with van der Waals surface area (Å²) in [5.74, 6) is 0.989. The summed E-state index contributed by atoms with van der Waals surface area (Å²) in [5.41, 5.74) is 2.87. The Hall–Kier alpha value is -2.21. The number of piperidine rings is 1. The van der Waals surface area contributed by atoms with Crippen LogP contribution in [-0.2, 0) is 17.8 Å². The number of carbonyl (C=O) groups is 1. The molecule has 0 spiro atoms. The summed E-state index contributed by atoms with van der Waals surface area (Å²) in [6.45, 7) is 7.40. The lowest BCUT2D eigenvalue weighted by Crippen LogP contribution is -2.45. The molecule has 1 aliphatic carbocycles. The summed E-state index contributed by atoms with van der Waals surface area (Å²) in [7, 11) is 0. The van der Waals surface area contributed by atoms with Crippen molar-refractivity contribution >= 4 is 5.91 Å². The number of hydrogen-bond donors (Lipinski definition) is 0. The predicted molar refractivity (Wildman–Crippen MR) is 127 cm³/mol.